The highest BCUT2D eigenvalue weighted by molar-refractivity contribution is 5.76. The van der Waals surface area contributed by atoms with Gasteiger partial charge in [-0.2, -0.15) is 5.26 Å². The molecule has 0 aliphatic heterocycles. The molecule has 0 aliphatic rings. The summed E-state index contributed by atoms with van der Waals surface area (Å²) in [5.41, 5.74) is 2.79. The molecule has 3 rings (SSSR count). The molecule has 0 saturated carbocycles. The van der Waals surface area contributed by atoms with Crippen LogP contribution in [0, 0.1) is 11.3 Å². The van der Waals surface area contributed by atoms with Crippen LogP contribution in [0.15, 0.2) is 42.5 Å². The van der Waals surface area contributed by atoms with Crippen molar-refractivity contribution in [3.63, 3.8) is 0 Å². The van der Waals surface area contributed by atoms with Gasteiger partial charge in [-0.1, -0.05) is 12.1 Å². The van der Waals surface area contributed by atoms with Gasteiger partial charge >= 0.3 is 6.36 Å². The summed E-state index contributed by atoms with van der Waals surface area (Å²) in [6.07, 6.45) is -4.26. The molecule has 0 spiro atoms. The van der Waals surface area contributed by atoms with Crippen molar-refractivity contribution >= 4 is 11.0 Å². The molecule has 4 nitrogen and oxygen atoms in total. The van der Waals surface area contributed by atoms with Gasteiger partial charge in [0.05, 0.1) is 22.7 Å². The Balaban J connectivity index is 1.78. The lowest BCUT2D eigenvalue weighted by molar-refractivity contribution is -0.274. The molecule has 0 atom stereocenters. The molecule has 1 N–H and O–H groups in total. The molecule has 3 aromatic rings. The summed E-state index contributed by atoms with van der Waals surface area (Å²) in [4.78, 5) is 7.50. The number of nitrogens with one attached hydrogen (secondary N) is 1. The van der Waals surface area contributed by atoms with E-state index in [0.29, 0.717) is 23.3 Å². The Bertz CT molecular complexity index is 876. The fourth-order valence-electron chi connectivity index (χ4n) is 2.21. The van der Waals surface area contributed by atoms with E-state index in [4.69, 9.17) is 5.26 Å². The SMILES string of the molecule is N#Cc1ccc2[nH]c(Cc3ccc(OC(F)(F)F)cc3)nc2c1. The van der Waals surface area contributed by atoms with Crippen molar-refractivity contribution in [1.82, 2.24) is 9.97 Å². The normalized spacial score (nSPS) is 11.4. The number of benzene rings is 2. The van der Waals surface area contributed by atoms with Gasteiger partial charge in [-0.05, 0) is 35.9 Å². The third-order valence-corrected chi connectivity index (χ3v) is 3.19. The zero-order valence-electron chi connectivity index (χ0n) is 11.7. The molecule has 2 aromatic carbocycles. The Kier molecular flexibility index (Phi) is 3.66. The number of aromatic nitrogens is 2. The molecule has 1 aromatic heterocycles. The summed E-state index contributed by atoms with van der Waals surface area (Å²) < 4.78 is 40.2. The van der Waals surface area contributed by atoms with Crippen LogP contribution in [0.3, 0.4) is 0 Å². The summed E-state index contributed by atoms with van der Waals surface area (Å²) in [7, 11) is 0. The second kappa shape index (κ2) is 5.65. The van der Waals surface area contributed by atoms with Crippen molar-refractivity contribution in [1.29, 1.82) is 5.26 Å². The maximum atomic E-state index is 12.1. The van der Waals surface area contributed by atoms with Gasteiger partial charge in [-0.15, -0.1) is 13.2 Å². The second-order valence-electron chi connectivity index (χ2n) is 4.90. The Labute approximate surface area is 129 Å². The molecule has 0 amide bonds. The first-order valence-corrected chi connectivity index (χ1v) is 6.66. The predicted octanol–water partition coefficient (Wildman–Crippen LogP) is 3.92. The molecular formula is C16H10F3N3O. The zero-order valence-corrected chi connectivity index (χ0v) is 11.7. The van der Waals surface area contributed by atoms with E-state index in [1.54, 1.807) is 30.3 Å². The van der Waals surface area contributed by atoms with E-state index in [0.717, 1.165) is 11.1 Å². The van der Waals surface area contributed by atoms with E-state index >= 15 is 0 Å². The number of imidazole rings is 1. The number of hydrogen-bond acceptors (Lipinski definition) is 3. The number of nitrogens with zero attached hydrogens (tertiary/aromatic N) is 2. The monoisotopic (exact) mass is 317 g/mol. The van der Waals surface area contributed by atoms with Crippen molar-refractivity contribution in [2.24, 2.45) is 0 Å². The first-order chi connectivity index (χ1) is 10.9. The lowest BCUT2D eigenvalue weighted by atomic mass is 10.1. The maximum Gasteiger partial charge on any atom is 0.573 e. The van der Waals surface area contributed by atoms with Crippen LogP contribution in [-0.2, 0) is 6.42 Å². The van der Waals surface area contributed by atoms with Crippen LogP contribution in [0.25, 0.3) is 11.0 Å². The highest BCUT2D eigenvalue weighted by Crippen LogP contribution is 2.23. The van der Waals surface area contributed by atoms with Crippen LogP contribution in [0.1, 0.15) is 17.0 Å². The third-order valence-electron chi connectivity index (χ3n) is 3.19. The summed E-state index contributed by atoms with van der Waals surface area (Å²) in [6, 6.07) is 12.8. The summed E-state index contributed by atoms with van der Waals surface area (Å²) in [5, 5.41) is 8.87. The fraction of sp³-hybridized carbons (Fsp3) is 0.125. The first-order valence-electron chi connectivity index (χ1n) is 6.66. The lowest BCUT2D eigenvalue weighted by Gasteiger charge is -2.08. The Morgan fingerprint density at radius 1 is 1.13 bits per heavy atom. The van der Waals surface area contributed by atoms with Gasteiger partial charge in [0.1, 0.15) is 11.6 Å². The lowest BCUT2D eigenvalue weighted by Crippen LogP contribution is -2.17. The number of fused-ring (bicyclic) bond motifs is 1. The molecule has 0 fully saturated rings. The van der Waals surface area contributed by atoms with Crippen LogP contribution in [0.5, 0.6) is 5.75 Å². The number of ether oxygens (including phenoxy) is 1. The Morgan fingerprint density at radius 2 is 1.87 bits per heavy atom. The van der Waals surface area contributed by atoms with Crippen LogP contribution in [0.4, 0.5) is 13.2 Å². The number of aromatic amines is 1. The number of hydrogen-bond donors (Lipinski definition) is 1. The molecule has 116 valence electrons. The fourth-order valence-corrected chi connectivity index (χ4v) is 2.21. The Morgan fingerprint density at radius 3 is 2.52 bits per heavy atom. The zero-order chi connectivity index (χ0) is 16.4. The molecule has 0 saturated heterocycles. The van der Waals surface area contributed by atoms with Crippen molar-refractivity contribution in [3.05, 3.63) is 59.4 Å². The van der Waals surface area contributed by atoms with Crippen LogP contribution in [0.2, 0.25) is 0 Å². The van der Waals surface area contributed by atoms with E-state index in [9.17, 15) is 13.2 Å². The molecule has 1 heterocycles. The van der Waals surface area contributed by atoms with E-state index < -0.39 is 6.36 Å². The number of alkyl halides is 3. The summed E-state index contributed by atoms with van der Waals surface area (Å²) >= 11 is 0. The van der Waals surface area contributed by atoms with E-state index in [1.165, 1.54) is 12.1 Å². The molecule has 0 unspecified atom stereocenters. The minimum absolute atomic E-state index is 0.260. The van der Waals surface area contributed by atoms with Gasteiger partial charge in [0.2, 0.25) is 0 Å². The summed E-state index contributed by atoms with van der Waals surface area (Å²) in [5.74, 6) is 0.407. The molecular weight excluding hydrogens is 307 g/mol. The highest BCUT2D eigenvalue weighted by Gasteiger charge is 2.30. The number of H-pyrrole nitrogens is 1. The highest BCUT2D eigenvalue weighted by atomic mass is 19.4. The largest absolute Gasteiger partial charge is 0.573 e. The molecule has 23 heavy (non-hydrogen) atoms. The number of rotatable bonds is 3. The van der Waals surface area contributed by atoms with Gasteiger partial charge in [-0.25, -0.2) is 4.98 Å². The van der Waals surface area contributed by atoms with Crippen molar-refractivity contribution in [2.75, 3.05) is 0 Å². The minimum Gasteiger partial charge on any atom is -0.406 e. The van der Waals surface area contributed by atoms with Gasteiger partial charge in [0, 0.05) is 6.42 Å². The number of nitriles is 1. The average Bonchev–Trinajstić information content (AvgIpc) is 2.89. The van der Waals surface area contributed by atoms with Crippen molar-refractivity contribution in [2.45, 2.75) is 12.8 Å². The van der Waals surface area contributed by atoms with E-state index in [2.05, 4.69) is 14.7 Å². The van der Waals surface area contributed by atoms with Crippen molar-refractivity contribution < 1.29 is 17.9 Å². The number of halogens is 3. The van der Waals surface area contributed by atoms with Crippen LogP contribution < -0.4 is 4.74 Å². The third kappa shape index (κ3) is 3.61. The second-order valence-corrected chi connectivity index (χ2v) is 4.90. The Hall–Kier alpha value is -3.01. The van der Waals surface area contributed by atoms with Crippen LogP contribution >= 0.6 is 0 Å². The van der Waals surface area contributed by atoms with Gasteiger partial charge in [-0.3, -0.25) is 0 Å². The van der Waals surface area contributed by atoms with Gasteiger partial charge in [0.15, 0.2) is 0 Å². The maximum absolute atomic E-state index is 12.1. The van der Waals surface area contributed by atoms with Crippen molar-refractivity contribution in [3.8, 4) is 11.8 Å². The smallest absolute Gasteiger partial charge is 0.406 e. The predicted molar refractivity (Wildman–Crippen MR) is 76.7 cm³/mol. The molecule has 0 radical (unpaired) electrons. The standard InChI is InChI=1S/C16H10F3N3O/c17-16(18,19)23-12-4-1-10(2-5-12)8-15-21-13-6-3-11(9-20)7-14(13)22-15/h1-7H,8H2,(H,21,22). The van der Waals surface area contributed by atoms with E-state index in [1.807, 2.05) is 6.07 Å². The van der Waals surface area contributed by atoms with Crippen LogP contribution in [-0.4, -0.2) is 16.3 Å². The molecule has 0 aliphatic carbocycles. The summed E-state index contributed by atoms with van der Waals surface area (Å²) in [6.45, 7) is 0. The quantitative estimate of drug-likeness (QED) is 0.796. The average molecular weight is 317 g/mol. The van der Waals surface area contributed by atoms with E-state index in [-0.39, 0.29) is 5.75 Å². The minimum atomic E-state index is -4.70. The van der Waals surface area contributed by atoms with Gasteiger partial charge < -0.3 is 9.72 Å². The van der Waals surface area contributed by atoms with Gasteiger partial charge in [0.25, 0.3) is 0 Å². The first kappa shape index (κ1) is 14.9. The topological polar surface area (TPSA) is 61.7 Å². The molecule has 7 heteroatoms. The molecule has 0 bridgehead atoms.